The predicted octanol–water partition coefficient (Wildman–Crippen LogP) is 0.690. The lowest BCUT2D eigenvalue weighted by Gasteiger charge is -2.22. The second kappa shape index (κ2) is 5.64. The summed E-state index contributed by atoms with van der Waals surface area (Å²) in [6.45, 7) is 1.96. The number of aliphatic hydroxyl groups excluding tert-OH is 1. The quantitative estimate of drug-likeness (QED) is 0.746. The van der Waals surface area contributed by atoms with Crippen molar-refractivity contribution in [2.45, 2.75) is 38.2 Å². The van der Waals surface area contributed by atoms with Crippen molar-refractivity contribution in [2.24, 2.45) is 11.8 Å². The molecule has 0 aromatic carbocycles. The number of ether oxygens (including phenoxy) is 1. The minimum Gasteiger partial charge on any atom is -0.393 e. The number of hydrogen-bond donors (Lipinski definition) is 2. The Morgan fingerprint density at radius 3 is 2.81 bits per heavy atom. The maximum Gasteiger partial charge on any atom is 0.225 e. The van der Waals surface area contributed by atoms with Crippen LogP contribution in [0.1, 0.15) is 32.1 Å². The number of amides is 1. The van der Waals surface area contributed by atoms with Crippen LogP contribution >= 0.6 is 0 Å². The third-order valence-corrected chi connectivity index (χ3v) is 3.69. The first kappa shape index (κ1) is 11.9. The normalized spacial score (nSPS) is 34.9. The Morgan fingerprint density at radius 1 is 1.31 bits per heavy atom. The summed E-state index contributed by atoms with van der Waals surface area (Å²) in [5.74, 6) is 0.375. The molecule has 2 fully saturated rings. The first-order chi connectivity index (χ1) is 7.77. The second-order valence-electron chi connectivity index (χ2n) is 4.92. The van der Waals surface area contributed by atoms with E-state index in [4.69, 9.17) is 4.74 Å². The van der Waals surface area contributed by atoms with Crippen LogP contribution in [0, 0.1) is 11.8 Å². The molecule has 92 valence electrons. The van der Waals surface area contributed by atoms with Crippen molar-refractivity contribution in [1.82, 2.24) is 5.32 Å². The van der Waals surface area contributed by atoms with E-state index in [-0.39, 0.29) is 23.8 Å². The number of hydrogen-bond acceptors (Lipinski definition) is 3. The minimum absolute atomic E-state index is 0.0206. The molecule has 1 saturated heterocycles. The third-order valence-electron chi connectivity index (χ3n) is 3.69. The van der Waals surface area contributed by atoms with Gasteiger partial charge in [-0.2, -0.15) is 0 Å². The van der Waals surface area contributed by atoms with Crippen molar-refractivity contribution < 1.29 is 14.6 Å². The summed E-state index contributed by atoms with van der Waals surface area (Å²) in [6, 6.07) is 0. The van der Waals surface area contributed by atoms with E-state index in [0.29, 0.717) is 13.2 Å². The summed E-state index contributed by atoms with van der Waals surface area (Å²) in [7, 11) is 0. The number of carbonyl (C=O) groups is 1. The highest BCUT2D eigenvalue weighted by atomic mass is 16.5. The molecule has 2 aliphatic rings. The van der Waals surface area contributed by atoms with Crippen molar-refractivity contribution in [2.75, 3.05) is 19.8 Å². The molecule has 1 aliphatic carbocycles. The molecule has 1 heterocycles. The molecule has 1 saturated carbocycles. The second-order valence-corrected chi connectivity index (χ2v) is 4.92. The summed E-state index contributed by atoms with van der Waals surface area (Å²) in [6.07, 6.45) is 4.68. The summed E-state index contributed by atoms with van der Waals surface area (Å²) in [5.41, 5.74) is 0. The largest absolute Gasteiger partial charge is 0.393 e. The fourth-order valence-electron chi connectivity index (χ4n) is 2.58. The first-order valence-electron chi connectivity index (χ1n) is 6.31. The van der Waals surface area contributed by atoms with Crippen molar-refractivity contribution in [3.05, 3.63) is 0 Å². The molecule has 16 heavy (non-hydrogen) atoms. The standard InChI is InChI=1S/C12H21NO3/c14-11-5-1-3-9(11)7-13-12(15)10-4-2-6-16-8-10/h9-11,14H,1-8H2,(H,13,15). The maximum absolute atomic E-state index is 11.8. The van der Waals surface area contributed by atoms with Gasteiger partial charge in [0.25, 0.3) is 0 Å². The van der Waals surface area contributed by atoms with Crippen LogP contribution in [0.4, 0.5) is 0 Å². The number of carbonyl (C=O) groups excluding carboxylic acids is 1. The van der Waals surface area contributed by atoms with E-state index < -0.39 is 0 Å². The van der Waals surface area contributed by atoms with E-state index in [2.05, 4.69) is 5.32 Å². The van der Waals surface area contributed by atoms with Gasteiger partial charge in [0.2, 0.25) is 5.91 Å². The molecule has 4 nitrogen and oxygen atoms in total. The lowest BCUT2D eigenvalue weighted by Crippen LogP contribution is -2.39. The van der Waals surface area contributed by atoms with Crippen LogP contribution in [-0.4, -0.2) is 36.9 Å². The Kier molecular flexibility index (Phi) is 4.18. The van der Waals surface area contributed by atoms with Gasteiger partial charge in [0.1, 0.15) is 0 Å². The van der Waals surface area contributed by atoms with Crippen LogP contribution < -0.4 is 5.32 Å². The fourth-order valence-corrected chi connectivity index (χ4v) is 2.58. The van der Waals surface area contributed by atoms with Crippen molar-refractivity contribution in [1.29, 1.82) is 0 Å². The Bertz CT molecular complexity index is 238. The van der Waals surface area contributed by atoms with Crippen LogP contribution in [0.2, 0.25) is 0 Å². The van der Waals surface area contributed by atoms with Gasteiger partial charge < -0.3 is 15.2 Å². The van der Waals surface area contributed by atoms with E-state index >= 15 is 0 Å². The Balaban J connectivity index is 1.70. The molecule has 3 atom stereocenters. The maximum atomic E-state index is 11.8. The zero-order valence-electron chi connectivity index (χ0n) is 9.65. The predicted molar refractivity (Wildman–Crippen MR) is 59.9 cm³/mol. The molecule has 4 heteroatoms. The van der Waals surface area contributed by atoms with Gasteiger partial charge in [0.05, 0.1) is 18.6 Å². The average molecular weight is 227 g/mol. The molecule has 1 aliphatic heterocycles. The van der Waals surface area contributed by atoms with Crippen LogP contribution in [-0.2, 0) is 9.53 Å². The van der Waals surface area contributed by atoms with Gasteiger partial charge in [-0.05, 0) is 25.7 Å². The van der Waals surface area contributed by atoms with E-state index in [1.807, 2.05) is 0 Å². The topological polar surface area (TPSA) is 58.6 Å². The van der Waals surface area contributed by atoms with Gasteiger partial charge in [-0.3, -0.25) is 4.79 Å². The molecule has 2 N–H and O–H groups in total. The summed E-state index contributed by atoms with van der Waals surface area (Å²) >= 11 is 0. The van der Waals surface area contributed by atoms with E-state index in [1.165, 1.54) is 0 Å². The van der Waals surface area contributed by atoms with Crippen molar-refractivity contribution >= 4 is 5.91 Å². The van der Waals surface area contributed by atoms with Crippen LogP contribution in [0.15, 0.2) is 0 Å². The molecule has 0 aromatic heterocycles. The monoisotopic (exact) mass is 227 g/mol. The summed E-state index contributed by atoms with van der Waals surface area (Å²) < 4.78 is 5.29. The molecule has 2 rings (SSSR count). The Labute approximate surface area is 96.4 Å². The highest BCUT2D eigenvalue weighted by molar-refractivity contribution is 5.78. The van der Waals surface area contributed by atoms with Crippen molar-refractivity contribution in [3.63, 3.8) is 0 Å². The molecule has 0 aromatic rings. The van der Waals surface area contributed by atoms with Crippen LogP contribution in [0.3, 0.4) is 0 Å². The molecular formula is C12H21NO3. The first-order valence-corrected chi connectivity index (χ1v) is 6.31. The van der Waals surface area contributed by atoms with Crippen LogP contribution in [0.5, 0.6) is 0 Å². The molecule has 0 radical (unpaired) electrons. The molecule has 0 spiro atoms. The van der Waals surface area contributed by atoms with E-state index in [0.717, 1.165) is 38.7 Å². The van der Waals surface area contributed by atoms with E-state index in [9.17, 15) is 9.90 Å². The highest BCUT2D eigenvalue weighted by Gasteiger charge is 2.27. The number of nitrogens with one attached hydrogen (secondary N) is 1. The van der Waals surface area contributed by atoms with Gasteiger partial charge in [0, 0.05) is 19.1 Å². The minimum atomic E-state index is -0.220. The van der Waals surface area contributed by atoms with E-state index in [1.54, 1.807) is 0 Å². The zero-order chi connectivity index (χ0) is 11.4. The van der Waals surface area contributed by atoms with Gasteiger partial charge in [0.15, 0.2) is 0 Å². The SMILES string of the molecule is O=C(NCC1CCCC1O)C1CCCOC1. The van der Waals surface area contributed by atoms with Gasteiger partial charge in [-0.25, -0.2) is 0 Å². The Hall–Kier alpha value is -0.610. The summed E-state index contributed by atoms with van der Waals surface area (Å²) in [4.78, 5) is 11.8. The smallest absolute Gasteiger partial charge is 0.225 e. The zero-order valence-corrected chi connectivity index (χ0v) is 9.65. The molecular weight excluding hydrogens is 206 g/mol. The summed E-state index contributed by atoms with van der Waals surface area (Å²) in [5, 5.41) is 12.6. The van der Waals surface area contributed by atoms with Gasteiger partial charge >= 0.3 is 0 Å². The highest BCUT2D eigenvalue weighted by Crippen LogP contribution is 2.24. The molecule has 1 amide bonds. The number of rotatable bonds is 3. The lowest BCUT2D eigenvalue weighted by atomic mass is 10.0. The molecule has 3 unspecified atom stereocenters. The number of aliphatic hydroxyl groups is 1. The van der Waals surface area contributed by atoms with Gasteiger partial charge in [-0.1, -0.05) is 6.42 Å². The molecule has 0 bridgehead atoms. The van der Waals surface area contributed by atoms with Crippen LogP contribution in [0.25, 0.3) is 0 Å². The van der Waals surface area contributed by atoms with Gasteiger partial charge in [-0.15, -0.1) is 0 Å². The average Bonchev–Trinajstić information content (AvgIpc) is 2.73. The third kappa shape index (κ3) is 2.95. The fraction of sp³-hybridized carbons (Fsp3) is 0.917. The lowest BCUT2D eigenvalue weighted by molar-refractivity contribution is -0.129. The van der Waals surface area contributed by atoms with Crippen molar-refractivity contribution in [3.8, 4) is 0 Å². The Morgan fingerprint density at radius 2 is 2.19 bits per heavy atom.